The Labute approximate surface area is 174 Å². The third-order valence-corrected chi connectivity index (χ3v) is 6.33. The number of benzene rings is 1. The molecule has 0 radical (unpaired) electrons. The Bertz CT molecular complexity index is 1030. The molecule has 2 aromatic heterocycles. The molecular weight excluding hydrogens is 382 g/mol. The van der Waals surface area contributed by atoms with E-state index in [2.05, 4.69) is 25.2 Å². The number of rotatable bonds is 5. The van der Waals surface area contributed by atoms with Gasteiger partial charge in [0.2, 0.25) is 0 Å². The van der Waals surface area contributed by atoms with Crippen LogP contribution in [0.3, 0.4) is 0 Å². The number of ether oxygens (including phenoxy) is 1. The van der Waals surface area contributed by atoms with Crippen LogP contribution in [0.25, 0.3) is 11.0 Å². The van der Waals surface area contributed by atoms with Crippen LogP contribution in [0.4, 0.5) is 5.82 Å². The number of aliphatic hydroxyl groups is 1. The first-order chi connectivity index (χ1) is 14.7. The molecule has 0 saturated carbocycles. The van der Waals surface area contributed by atoms with Crippen LogP contribution in [0.15, 0.2) is 42.9 Å². The molecule has 0 bridgehead atoms. The summed E-state index contributed by atoms with van der Waals surface area (Å²) in [5.74, 6) is 0.835. The van der Waals surface area contributed by atoms with Crippen molar-refractivity contribution in [3.8, 4) is 0 Å². The average molecular weight is 407 g/mol. The molecule has 1 aromatic carbocycles. The predicted molar refractivity (Wildman–Crippen MR) is 112 cm³/mol. The van der Waals surface area contributed by atoms with E-state index < -0.39 is 0 Å². The van der Waals surface area contributed by atoms with Gasteiger partial charge in [-0.2, -0.15) is 0 Å². The second-order valence-electron chi connectivity index (χ2n) is 8.00. The van der Waals surface area contributed by atoms with Crippen LogP contribution in [0, 0.1) is 11.8 Å². The quantitative estimate of drug-likeness (QED) is 0.552. The largest absolute Gasteiger partial charge is 0.461 e. The smallest absolute Gasteiger partial charge is 0.310 e. The number of H-pyrrole nitrogens is 1. The predicted octanol–water partition coefficient (Wildman–Crippen LogP) is 1.61. The SMILES string of the molecule is O=C(OCc1ccc(CO)cc1)C1CNC[C@H]2[C@@H]1CCN2c1ncnc2[nH]ccc12. The van der Waals surface area contributed by atoms with Crippen molar-refractivity contribution in [1.29, 1.82) is 0 Å². The monoisotopic (exact) mass is 407 g/mol. The van der Waals surface area contributed by atoms with Crippen LogP contribution in [-0.4, -0.2) is 51.7 Å². The van der Waals surface area contributed by atoms with Crippen molar-refractivity contribution in [2.75, 3.05) is 24.5 Å². The summed E-state index contributed by atoms with van der Waals surface area (Å²) in [4.78, 5) is 27.2. The highest BCUT2D eigenvalue weighted by Gasteiger charge is 2.45. The Morgan fingerprint density at radius 1 is 1.17 bits per heavy atom. The van der Waals surface area contributed by atoms with Crippen LogP contribution < -0.4 is 10.2 Å². The molecule has 0 amide bonds. The average Bonchev–Trinajstić information content (AvgIpc) is 3.44. The molecular formula is C22H25N5O3. The number of aromatic nitrogens is 3. The number of nitrogens with zero attached hydrogens (tertiary/aromatic N) is 3. The minimum atomic E-state index is -0.172. The van der Waals surface area contributed by atoms with E-state index >= 15 is 0 Å². The normalized spacial score (nSPS) is 23.5. The Balaban J connectivity index is 1.28. The molecule has 3 N–H and O–H groups in total. The van der Waals surface area contributed by atoms with Gasteiger partial charge in [-0.15, -0.1) is 0 Å². The highest BCUT2D eigenvalue weighted by molar-refractivity contribution is 5.87. The fourth-order valence-corrected chi connectivity index (χ4v) is 4.76. The Hall–Kier alpha value is -2.97. The summed E-state index contributed by atoms with van der Waals surface area (Å²) in [6.07, 6.45) is 4.40. The van der Waals surface area contributed by atoms with E-state index in [9.17, 15) is 4.79 Å². The van der Waals surface area contributed by atoms with E-state index in [-0.39, 0.29) is 37.1 Å². The fourth-order valence-electron chi connectivity index (χ4n) is 4.76. The highest BCUT2D eigenvalue weighted by atomic mass is 16.5. The minimum Gasteiger partial charge on any atom is -0.461 e. The molecule has 0 aliphatic carbocycles. The van der Waals surface area contributed by atoms with E-state index in [0.29, 0.717) is 6.54 Å². The second kappa shape index (κ2) is 8.04. The second-order valence-corrected chi connectivity index (χ2v) is 8.00. The van der Waals surface area contributed by atoms with Gasteiger partial charge >= 0.3 is 5.97 Å². The zero-order valence-corrected chi connectivity index (χ0v) is 16.6. The lowest BCUT2D eigenvalue weighted by atomic mass is 9.83. The van der Waals surface area contributed by atoms with Crippen molar-refractivity contribution in [3.63, 3.8) is 0 Å². The number of hydrogen-bond donors (Lipinski definition) is 3. The number of carbonyl (C=O) groups excluding carboxylic acids is 1. The first kappa shape index (κ1) is 19.0. The molecule has 1 unspecified atom stereocenters. The standard InChI is InChI=1S/C22H25N5O3/c28-11-14-1-3-15(4-2-14)12-30-22(29)18-9-23-10-19-16(18)6-8-27(19)21-17-5-7-24-20(17)25-13-26-21/h1-5,7,13,16,18-19,23,28H,6,8-12H2,(H,24,25,26)/t16-,18?,19+/m1/s1. The number of piperidine rings is 1. The summed E-state index contributed by atoms with van der Waals surface area (Å²) in [6, 6.07) is 9.67. The summed E-state index contributed by atoms with van der Waals surface area (Å²) >= 11 is 0. The Morgan fingerprint density at radius 2 is 2.00 bits per heavy atom. The maximum absolute atomic E-state index is 12.9. The lowest BCUT2D eigenvalue weighted by molar-refractivity contribution is -0.152. The molecule has 30 heavy (non-hydrogen) atoms. The van der Waals surface area contributed by atoms with Gasteiger partial charge in [-0.1, -0.05) is 24.3 Å². The van der Waals surface area contributed by atoms with Crippen LogP contribution in [-0.2, 0) is 22.7 Å². The molecule has 2 fully saturated rings. The number of hydrogen-bond acceptors (Lipinski definition) is 7. The minimum absolute atomic E-state index is 0.00871. The number of aromatic amines is 1. The van der Waals surface area contributed by atoms with Crippen molar-refractivity contribution in [2.24, 2.45) is 11.8 Å². The van der Waals surface area contributed by atoms with Crippen molar-refractivity contribution >= 4 is 22.8 Å². The maximum atomic E-state index is 12.9. The molecule has 2 saturated heterocycles. The zero-order chi connectivity index (χ0) is 20.5. The van der Waals surface area contributed by atoms with Crippen molar-refractivity contribution in [2.45, 2.75) is 25.7 Å². The van der Waals surface area contributed by atoms with Gasteiger partial charge in [-0.25, -0.2) is 9.97 Å². The number of esters is 1. The van der Waals surface area contributed by atoms with Gasteiger partial charge in [-0.3, -0.25) is 4.79 Å². The maximum Gasteiger partial charge on any atom is 0.310 e. The van der Waals surface area contributed by atoms with E-state index in [1.165, 1.54) is 0 Å². The third kappa shape index (κ3) is 3.42. The van der Waals surface area contributed by atoms with Crippen molar-refractivity contribution in [1.82, 2.24) is 20.3 Å². The van der Waals surface area contributed by atoms with Crippen LogP contribution in [0.2, 0.25) is 0 Å². The lowest BCUT2D eigenvalue weighted by Crippen LogP contribution is -2.52. The van der Waals surface area contributed by atoms with E-state index in [1.807, 2.05) is 36.5 Å². The van der Waals surface area contributed by atoms with E-state index in [1.54, 1.807) is 6.33 Å². The van der Waals surface area contributed by atoms with Gasteiger partial charge in [0.05, 0.1) is 17.9 Å². The molecule has 2 aliphatic rings. The van der Waals surface area contributed by atoms with E-state index in [0.717, 1.165) is 47.5 Å². The summed E-state index contributed by atoms with van der Waals surface area (Å²) in [5, 5.41) is 13.6. The molecule has 3 atom stereocenters. The van der Waals surface area contributed by atoms with Gasteiger partial charge in [0.15, 0.2) is 0 Å². The third-order valence-electron chi connectivity index (χ3n) is 6.33. The molecule has 0 spiro atoms. The number of anilines is 1. The number of aliphatic hydroxyl groups excluding tert-OH is 1. The summed E-state index contributed by atoms with van der Waals surface area (Å²) in [5.41, 5.74) is 2.59. The summed E-state index contributed by atoms with van der Waals surface area (Å²) < 4.78 is 5.66. The Morgan fingerprint density at radius 3 is 2.83 bits per heavy atom. The number of nitrogens with one attached hydrogen (secondary N) is 2. The molecule has 3 aromatic rings. The summed E-state index contributed by atoms with van der Waals surface area (Å²) in [6.45, 7) is 2.58. The van der Waals surface area contributed by atoms with E-state index in [4.69, 9.17) is 9.84 Å². The van der Waals surface area contributed by atoms with Gasteiger partial charge in [0, 0.05) is 31.9 Å². The first-order valence-electron chi connectivity index (χ1n) is 10.4. The first-order valence-corrected chi connectivity index (χ1v) is 10.4. The van der Waals surface area contributed by atoms with Gasteiger partial charge in [-0.05, 0) is 29.5 Å². The number of fused-ring (bicyclic) bond motifs is 2. The molecule has 4 heterocycles. The highest BCUT2D eigenvalue weighted by Crippen LogP contribution is 2.37. The van der Waals surface area contributed by atoms with Crippen molar-refractivity contribution in [3.05, 3.63) is 54.0 Å². The number of carbonyl (C=O) groups is 1. The van der Waals surface area contributed by atoms with Crippen LogP contribution >= 0.6 is 0 Å². The topological polar surface area (TPSA) is 103 Å². The van der Waals surface area contributed by atoms with Crippen molar-refractivity contribution < 1.29 is 14.6 Å². The Kier molecular flexibility index (Phi) is 5.10. The molecule has 2 aliphatic heterocycles. The van der Waals surface area contributed by atoms with Gasteiger partial charge < -0.3 is 25.0 Å². The molecule has 156 valence electrons. The lowest BCUT2D eigenvalue weighted by Gasteiger charge is -2.37. The molecule has 8 nitrogen and oxygen atoms in total. The van der Waals surface area contributed by atoms with Gasteiger partial charge in [0.25, 0.3) is 0 Å². The molecule has 8 heteroatoms. The molecule has 5 rings (SSSR count). The van der Waals surface area contributed by atoms with Crippen LogP contribution in [0.5, 0.6) is 0 Å². The zero-order valence-electron chi connectivity index (χ0n) is 16.6. The van der Waals surface area contributed by atoms with Crippen LogP contribution in [0.1, 0.15) is 17.5 Å². The van der Waals surface area contributed by atoms with Gasteiger partial charge in [0.1, 0.15) is 24.4 Å². The fraction of sp³-hybridized carbons (Fsp3) is 0.409. The summed E-state index contributed by atoms with van der Waals surface area (Å²) in [7, 11) is 0.